The highest BCUT2D eigenvalue weighted by molar-refractivity contribution is 6.43. The Morgan fingerprint density at radius 1 is 0.897 bits per heavy atom. The molecule has 4 rings (SSSR count). The van der Waals surface area contributed by atoms with Crippen molar-refractivity contribution < 1.29 is 0 Å². The van der Waals surface area contributed by atoms with Crippen LogP contribution in [-0.2, 0) is 6.54 Å². The molecule has 1 aliphatic heterocycles. The van der Waals surface area contributed by atoms with Crippen molar-refractivity contribution in [2.45, 2.75) is 20.4 Å². The van der Waals surface area contributed by atoms with Crippen LogP contribution in [0.3, 0.4) is 0 Å². The van der Waals surface area contributed by atoms with Gasteiger partial charge in [-0.2, -0.15) is 5.10 Å². The van der Waals surface area contributed by atoms with E-state index in [1.165, 1.54) is 11.3 Å². The predicted octanol–water partition coefficient (Wildman–Crippen LogP) is 5.77. The summed E-state index contributed by atoms with van der Waals surface area (Å²) < 4.78 is 2.00. The second-order valence-electron chi connectivity index (χ2n) is 7.37. The number of anilines is 1. The molecule has 4 nitrogen and oxygen atoms in total. The van der Waals surface area contributed by atoms with Crippen LogP contribution in [0.5, 0.6) is 0 Å². The zero-order valence-corrected chi connectivity index (χ0v) is 18.8. The first-order valence-electron chi connectivity index (χ1n) is 9.66. The fourth-order valence-electron chi connectivity index (χ4n) is 3.84. The summed E-state index contributed by atoms with van der Waals surface area (Å²) in [6, 6.07) is 13.6. The molecule has 0 bridgehead atoms. The number of piperazine rings is 1. The van der Waals surface area contributed by atoms with Gasteiger partial charge >= 0.3 is 0 Å². The minimum atomic E-state index is 0.604. The minimum Gasteiger partial charge on any atom is -0.368 e. The summed E-state index contributed by atoms with van der Waals surface area (Å²) >= 11 is 18.6. The zero-order valence-electron chi connectivity index (χ0n) is 16.5. The van der Waals surface area contributed by atoms with Crippen LogP contribution in [0.4, 0.5) is 5.69 Å². The Morgan fingerprint density at radius 2 is 1.59 bits per heavy atom. The summed E-state index contributed by atoms with van der Waals surface area (Å²) in [4.78, 5) is 4.78. The van der Waals surface area contributed by atoms with Crippen LogP contribution < -0.4 is 4.90 Å². The first-order chi connectivity index (χ1) is 13.9. The van der Waals surface area contributed by atoms with Crippen LogP contribution in [0.15, 0.2) is 42.5 Å². The van der Waals surface area contributed by atoms with Gasteiger partial charge in [-0.05, 0) is 50.2 Å². The van der Waals surface area contributed by atoms with Crippen LogP contribution >= 0.6 is 34.8 Å². The van der Waals surface area contributed by atoms with Gasteiger partial charge in [0.2, 0.25) is 0 Å². The first-order valence-corrected chi connectivity index (χ1v) is 10.8. The van der Waals surface area contributed by atoms with E-state index in [2.05, 4.69) is 23.6 Å². The van der Waals surface area contributed by atoms with Gasteiger partial charge in [0, 0.05) is 49.0 Å². The maximum atomic E-state index is 6.40. The Balaban J connectivity index is 1.46. The van der Waals surface area contributed by atoms with Crippen molar-refractivity contribution in [3.05, 3.63) is 74.5 Å². The van der Waals surface area contributed by atoms with Gasteiger partial charge in [-0.15, -0.1) is 0 Å². The number of hydrogen-bond acceptors (Lipinski definition) is 3. The van der Waals surface area contributed by atoms with E-state index in [0.29, 0.717) is 10.0 Å². The van der Waals surface area contributed by atoms with E-state index in [1.807, 2.05) is 47.1 Å². The molecule has 0 amide bonds. The quantitative estimate of drug-likeness (QED) is 0.505. The lowest BCUT2D eigenvalue weighted by molar-refractivity contribution is 0.249. The molecular weight excluding hydrogens is 427 g/mol. The molecule has 0 aliphatic carbocycles. The normalized spacial score (nSPS) is 15.1. The second-order valence-corrected chi connectivity index (χ2v) is 8.60. The van der Waals surface area contributed by atoms with Crippen molar-refractivity contribution >= 4 is 40.5 Å². The second kappa shape index (κ2) is 8.57. The highest BCUT2D eigenvalue weighted by atomic mass is 35.5. The molecule has 0 spiro atoms. The van der Waals surface area contributed by atoms with Gasteiger partial charge in [0.15, 0.2) is 0 Å². The summed E-state index contributed by atoms with van der Waals surface area (Å²) in [5, 5.41) is 6.74. The first kappa shape index (κ1) is 20.5. The molecule has 152 valence electrons. The highest BCUT2D eigenvalue weighted by Crippen LogP contribution is 2.33. The van der Waals surface area contributed by atoms with Gasteiger partial charge < -0.3 is 4.90 Å². The van der Waals surface area contributed by atoms with Gasteiger partial charge in [0.25, 0.3) is 0 Å². The largest absolute Gasteiger partial charge is 0.368 e. The van der Waals surface area contributed by atoms with Crippen molar-refractivity contribution in [1.29, 1.82) is 0 Å². The summed E-state index contributed by atoms with van der Waals surface area (Å²) in [6.45, 7) is 8.87. The molecule has 2 aromatic carbocycles. The third kappa shape index (κ3) is 4.26. The highest BCUT2D eigenvalue weighted by Gasteiger charge is 2.22. The van der Waals surface area contributed by atoms with Crippen molar-refractivity contribution in [1.82, 2.24) is 14.7 Å². The van der Waals surface area contributed by atoms with Crippen molar-refractivity contribution in [3.8, 4) is 5.69 Å². The van der Waals surface area contributed by atoms with E-state index < -0.39 is 0 Å². The number of hydrogen-bond donors (Lipinski definition) is 0. The zero-order chi connectivity index (χ0) is 20.5. The molecule has 2 heterocycles. The SMILES string of the molecule is Cc1nn(-c2ccc(Cl)cc2)c(C)c1CN1CCN(c2cccc(Cl)c2Cl)CC1. The molecule has 0 radical (unpaired) electrons. The monoisotopic (exact) mass is 448 g/mol. The van der Waals surface area contributed by atoms with Crippen molar-refractivity contribution in [2.24, 2.45) is 0 Å². The molecule has 1 aliphatic rings. The number of aromatic nitrogens is 2. The van der Waals surface area contributed by atoms with E-state index in [9.17, 15) is 0 Å². The maximum Gasteiger partial charge on any atom is 0.0825 e. The molecule has 3 aromatic rings. The van der Waals surface area contributed by atoms with Crippen molar-refractivity contribution in [2.75, 3.05) is 31.1 Å². The van der Waals surface area contributed by atoms with Gasteiger partial charge in [0.05, 0.1) is 27.1 Å². The van der Waals surface area contributed by atoms with Gasteiger partial charge in [0.1, 0.15) is 0 Å². The Bertz CT molecular complexity index is 1010. The van der Waals surface area contributed by atoms with Crippen LogP contribution in [0.1, 0.15) is 17.0 Å². The fourth-order valence-corrected chi connectivity index (χ4v) is 4.39. The summed E-state index contributed by atoms with van der Waals surface area (Å²) in [5.74, 6) is 0. The number of halogens is 3. The van der Waals surface area contributed by atoms with Gasteiger partial charge in [-0.3, -0.25) is 4.90 Å². The van der Waals surface area contributed by atoms with E-state index in [4.69, 9.17) is 39.9 Å². The Morgan fingerprint density at radius 3 is 2.28 bits per heavy atom. The summed E-state index contributed by atoms with van der Waals surface area (Å²) in [7, 11) is 0. The number of benzene rings is 2. The lowest BCUT2D eigenvalue weighted by Gasteiger charge is -2.36. The maximum absolute atomic E-state index is 6.40. The van der Waals surface area contributed by atoms with Gasteiger partial charge in [-0.1, -0.05) is 40.9 Å². The fraction of sp³-hybridized carbons (Fsp3) is 0.318. The van der Waals surface area contributed by atoms with Crippen LogP contribution in [0.25, 0.3) is 5.69 Å². The molecule has 0 saturated carbocycles. The van der Waals surface area contributed by atoms with E-state index in [-0.39, 0.29) is 0 Å². The minimum absolute atomic E-state index is 0.604. The molecule has 0 N–H and O–H groups in total. The molecule has 7 heteroatoms. The summed E-state index contributed by atoms with van der Waals surface area (Å²) in [5.41, 5.74) is 5.57. The van der Waals surface area contributed by atoms with Crippen LogP contribution in [-0.4, -0.2) is 40.9 Å². The topological polar surface area (TPSA) is 24.3 Å². The predicted molar refractivity (Wildman–Crippen MR) is 122 cm³/mol. The number of nitrogens with zero attached hydrogens (tertiary/aromatic N) is 4. The van der Waals surface area contributed by atoms with Gasteiger partial charge in [-0.25, -0.2) is 4.68 Å². The van der Waals surface area contributed by atoms with E-state index in [0.717, 1.165) is 54.8 Å². The standard InChI is InChI=1S/C22H23Cl3N4/c1-15-19(16(2)29(26-15)18-8-6-17(23)7-9-18)14-27-10-12-28(13-11-27)21-5-3-4-20(24)22(21)25/h3-9H,10-14H2,1-2H3. The number of rotatable bonds is 4. The molecule has 0 unspecified atom stereocenters. The lowest BCUT2D eigenvalue weighted by Crippen LogP contribution is -2.46. The van der Waals surface area contributed by atoms with E-state index in [1.54, 1.807) is 0 Å². The Hall–Kier alpha value is -1.72. The smallest absolute Gasteiger partial charge is 0.0825 e. The summed E-state index contributed by atoms with van der Waals surface area (Å²) in [6.07, 6.45) is 0. The third-order valence-corrected chi connectivity index (χ3v) is 6.60. The van der Waals surface area contributed by atoms with Crippen LogP contribution in [0, 0.1) is 13.8 Å². The average Bonchev–Trinajstić information content (AvgIpc) is 3.00. The Kier molecular flexibility index (Phi) is 6.07. The lowest BCUT2D eigenvalue weighted by atomic mass is 10.1. The molecule has 1 fully saturated rings. The number of aryl methyl sites for hydroxylation is 1. The molecule has 1 aromatic heterocycles. The van der Waals surface area contributed by atoms with Crippen molar-refractivity contribution in [3.63, 3.8) is 0 Å². The van der Waals surface area contributed by atoms with E-state index >= 15 is 0 Å². The van der Waals surface area contributed by atoms with Crippen LogP contribution in [0.2, 0.25) is 15.1 Å². The molecule has 1 saturated heterocycles. The molecular formula is C22H23Cl3N4. The molecule has 29 heavy (non-hydrogen) atoms. The third-order valence-electron chi connectivity index (χ3n) is 5.54. The average molecular weight is 450 g/mol. The molecule has 0 atom stereocenters. The Labute approximate surface area is 186 Å².